The van der Waals surface area contributed by atoms with Crippen LogP contribution in [0.1, 0.15) is 31.0 Å². The summed E-state index contributed by atoms with van der Waals surface area (Å²) in [6, 6.07) is 5.46. The summed E-state index contributed by atoms with van der Waals surface area (Å²) in [5, 5.41) is 3.30. The lowest BCUT2D eigenvalue weighted by Gasteiger charge is -2.15. The van der Waals surface area contributed by atoms with Crippen molar-refractivity contribution in [2.45, 2.75) is 26.8 Å². The Labute approximate surface area is 109 Å². The summed E-state index contributed by atoms with van der Waals surface area (Å²) < 4.78 is 18.8. The van der Waals surface area contributed by atoms with E-state index >= 15 is 0 Å². The van der Waals surface area contributed by atoms with Gasteiger partial charge >= 0.3 is 0 Å². The molecule has 0 aliphatic heterocycles. The van der Waals surface area contributed by atoms with Crippen LogP contribution in [0, 0.1) is 12.7 Å². The van der Waals surface area contributed by atoms with E-state index in [9.17, 15) is 4.39 Å². The summed E-state index contributed by atoms with van der Waals surface area (Å²) >= 11 is 0. The van der Waals surface area contributed by atoms with E-state index in [4.69, 9.17) is 4.74 Å². The number of nitrogens with one attached hydrogen (secondary N) is 1. The summed E-state index contributed by atoms with van der Waals surface area (Å²) in [5.41, 5.74) is 2.65. The van der Waals surface area contributed by atoms with Crippen LogP contribution in [0.15, 0.2) is 30.4 Å². The third kappa shape index (κ3) is 4.98. The maximum Gasteiger partial charge on any atom is 0.126 e. The lowest BCUT2D eigenvalue weighted by molar-refractivity contribution is 0.156. The molecule has 1 aromatic carbocycles. The Hall–Kier alpha value is -1.19. The highest BCUT2D eigenvalue weighted by Gasteiger charge is 2.06. The third-order valence-corrected chi connectivity index (χ3v) is 2.74. The molecule has 0 amide bonds. The molecule has 0 saturated heterocycles. The second-order valence-electron chi connectivity index (χ2n) is 4.69. The fraction of sp³-hybridized carbons (Fsp3) is 0.467. The Morgan fingerprint density at radius 2 is 2.22 bits per heavy atom. The van der Waals surface area contributed by atoms with E-state index < -0.39 is 0 Å². The van der Waals surface area contributed by atoms with Crippen molar-refractivity contribution in [2.24, 2.45) is 0 Å². The Balaban J connectivity index is 2.34. The molecule has 1 unspecified atom stereocenters. The molecule has 1 atom stereocenters. The Bertz CT molecular complexity index is 403. The first kappa shape index (κ1) is 14.9. The summed E-state index contributed by atoms with van der Waals surface area (Å²) in [7, 11) is 0. The first-order valence-corrected chi connectivity index (χ1v) is 6.22. The molecule has 0 aliphatic carbocycles. The normalized spacial score (nSPS) is 12.4. The van der Waals surface area contributed by atoms with Crippen molar-refractivity contribution >= 4 is 0 Å². The van der Waals surface area contributed by atoms with Crippen LogP contribution in [0.25, 0.3) is 0 Å². The summed E-state index contributed by atoms with van der Waals surface area (Å²) in [4.78, 5) is 0. The smallest absolute Gasteiger partial charge is 0.126 e. The zero-order valence-electron chi connectivity index (χ0n) is 11.4. The van der Waals surface area contributed by atoms with Gasteiger partial charge in [0.2, 0.25) is 0 Å². The number of halogens is 1. The highest BCUT2D eigenvalue weighted by atomic mass is 19.1. The van der Waals surface area contributed by atoms with Gasteiger partial charge in [-0.05, 0) is 38.0 Å². The van der Waals surface area contributed by atoms with Crippen LogP contribution in [0.2, 0.25) is 0 Å². The molecule has 3 heteroatoms. The van der Waals surface area contributed by atoms with Crippen LogP contribution < -0.4 is 5.32 Å². The van der Waals surface area contributed by atoms with Crippen LogP contribution >= 0.6 is 0 Å². The molecule has 0 heterocycles. The van der Waals surface area contributed by atoms with Crippen LogP contribution in [-0.2, 0) is 4.74 Å². The van der Waals surface area contributed by atoms with Crippen LogP contribution in [0.5, 0.6) is 0 Å². The fourth-order valence-corrected chi connectivity index (χ4v) is 1.59. The zero-order chi connectivity index (χ0) is 13.5. The van der Waals surface area contributed by atoms with Gasteiger partial charge in [-0.2, -0.15) is 0 Å². The largest absolute Gasteiger partial charge is 0.376 e. The number of benzene rings is 1. The van der Waals surface area contributed by atoms with E-state index in [0.717, 1.165) is 17.7 Å². The quantitative estimate of drug-likeness (QED) is 0.592. The second-order valence-corrected chi connectivity index (χ2v) is 4.69. The van der Waals surface area contributed by atoms with E-state index in [-0.39, 0.29) is 11.9 Å². The van der Waals surface area contributed by atoms with Crippen molar-refractivity contribution < 1.29 is 9.13 Å². The minimum absolute atomic E-state index is 0.119. The molecule has 0 aromatic heterocycles. The number of hydrogen-bond acceptors (Lipinski definition) is 2. The predicted molar refractivity (Wildman–Crippen MR) is 73.2 cm³/mol. The molecule has 0 bridgehead atoms. The van der Waals surface area contributed by atoms with Crippen molar-refractivity contribution in [1.29, 1.82) is 0 Å². The van der Waals surface area contributed by atoms with Crippen LogP contribution in [0.4, 0.5) is 4.39 Å². The monoisotopic (exact) mass is 251 g/mol. The fourth-order valence-electron chi connectivity index (χ4n) is 1.59. The van der Waals surface area contributed by atoms with Gasteiger partial charge < -0.3 is 10.1 Å². The van der Waals surface area contributed by atoms with Gasteiger partial charge in [-0.25, -0.2) is 4.39 Å². The lowest BCUT2D eigenvalue weighted by atomic mass is 10.1. The SMILES string of the molecule is C=C(C)COCCNC(C)c1ccc(C)c(F)c1. The second kappa shape index (κ2) is 7.29. The molecule has 0 radical (unpaired) electrons. The first-order valence-electron chi connectivity index (χ1n) is 6.22. The number of rotatable bonds is 7. The maximum atomic E-state index is 13.4. The van der Waals surface area contributed by atoms with Crippen molar-refractivity contribution in [3.8, 4) is 0 Å². The predicted octanol–water partition coefficient (Wildman–Crippen LogP) is 3.38. The first-order chi connectivity index (χ1) is 8.50. The minimum Gasteiger partial charge on any atom is -0.376 e. The van der Waals surface area contributed by atoms with E-state index in [1.165, 1.54) is 0 Å². The van der Waals surface area contributed by atoms with Crippen molar-refractivity contribution in [3.63, 3.8) is 0 Å². The molecule has 18 heavy (non-hydrogen) atoms. The number of hydrogen-bond donors (Lipinski definition) is 1. The molecule has 0 fully saturated rings. The zero-order valence-corrected chi connectivity index (χ0v) is 11.4. The van der Waals surface area contributed by atoms with Gasteiger partial charge in [-0.1, -0.05) is 24.3 Å². The molecule has 1 rings (SSSR count). The van der Waals surface area contributed by atoms with Gasteiger partial charge in [-0.3, -0.25) is 0 Å². The standard InChI is InChI=1S/C15H22FNO/c1-11(2)10-18-8-7-17-13(4)14-6-5-12(3)15(16)9-14/h5-6,9,13,17H,1,7-8,10H2,2-4H3. The van der Waals surface area contributed by atoms with Crippen molar-refractivity contribution in [1.82, 2.24) is 5.32 Å². The van der Waals surface area contributed by atoms with Gasteiger partial charge in [0, 0.05) is 12.6 Å². The molecule has 0 spiro atoms. The van der Waals surface area contributed by atoms with Gasteiger partial charge in [0.25, 0.3) is 0 Å². The molecule has 0 aliphatic rings. The van der Waals surface area contributed by atoms with Gasteiger partial charge in [0.05, 0.1) is 13.2 Å². The molecule has 0 saturated carbocycles. The molecule has 100 valence electrons. The van der Waals surface area contributed by atoms with Crippen molar-refractivity contribution in [3.05, 3.63) is 47.3 Å². The average Bonchev–Trinajstić information content (AvgIpc) is 2.31. The van der Waals surface area contributed by atoms with E-state index in [0.29, 0.717) is 18.8 Å². The van der Waals surface area contributed by atoms with E-state index in [1.807, 2.05) is 19.9 Å². The highest BCUT2D eigenvalue weighted by molar-refractivity contribution is 5.25. The summed E-state index contributed by atoms with van der Waals surface area (Å²) in [6.45, 7) is 11.4. The maximum absolute atomic E-state index is 13.4. The topological polar surface area (TPSA) is 21.3 Å². The molecule has 1 N–H and O–H groups in total. The highest BCUT2D eigenvalue weighted by Crippen LogP contribution is 2.15. The van der Waals surface area contributed by atoms with Gasteiger partial charge in [-0.15, -0.1) is 0 Å². The summed E-state index contributed by atoms with van der Waals surface area (Å²) in [6.07, 6.45) is 0. The van der Waals surface area contributed by atoms with Gasteiger partial charge in [0.15, 0.2) is 0 Å². The lowest BCUT2D eigenvalue weighted by Crippen LogP contribution is -2.23. The summed E-state index contributed by atoms with van der Waals surface area (Å²) in [5.74, 6) is -0.153. The Kier molecular flexibility index (Phi) is 6.02. The molecule has 1 aromatic rings. The number of aryl methyl sites for hydroxylation is 1. The molecular weight excluding hydrogens is 229 g/mol. The van der Waals surface area contributed by atoms with Crippen LogP contribution in [-0.4, -0.2) is 19.8 Å². The Morgan fingerprint density at radius 3 is 2.83 bits per heavy atom. The minimum atomic E-state index is -0.153. The van der Waals surface area contributed by atoms with E-state index in [1.54, 1.807) is 19.1 Å². The average molecular weight is 251 g/mol. The van der Waals surface area contributed by atoms with Gasteiger partial charge in [0.1, 0.15) is 5.82 Å². The van der Waals surface area contributed by atoms with E-state index in [2.05, 4.69) is 11.9 Å². The molecular formula is C15H22FNO. The van der Waals surface area contributed by atoms with Crippen molar-refractivity contribution in [2.75, 3.05) is 19.8 Å². The number of ether oxygens (including phenoxy) is 1. The molecule has 2 nitrogen and oxygen atoms in total. The third-order valence-electron chi connectivity index (χ3n) is 2.74. The van der Waals surface area contributed by atoms with Crippen LogP contribution in [0.3, 0.4) is 0 Å². The Morgan fingerprint density at radius 1 is 1.50 bits per heavy atom.